The van der Waals surface area contributed by atoms with Crippen LogP contribution >= 0.6 is 0 Å². The number of piperidine rings is 2. The number of aldehydes is 1. The van der Waals surface area contributed by atoms with E-state index in [1.165, 1.54) is 45.1 Å². The lowest BCUT2D eigenvalue weighted by Gasteiger charge is -2.42. The van der Waals surface area contributed by atoms with Crippen molar-refractivity contribution >= 4 is 6.29 Å². The molecule has 0 N–H and O–H groups in total. The molecule has 2 heteroatoms. The Labute approximate surface area is 73.9 Å². The van der Waals surface area contributed by atoms with Gasteiger partial charge < -0.3 is 4.79 Å². The van der Waals surface area contributed by atoms with E-state index in [4.69, 9.17) is 0 Å². The summed E-state index contributed by atoms with van der Waals surface area (Å²) in [6.45, 7) is 2.46. The highest BCUT2D eigenvalue weighted by atomic mass is 16.1. The molecule has 0 unspecified atom stereocenters. The van der Waals surface area contributed by atoms with E-state index in [0.717, 1.165) is 6.42 Å². The second-order valence-electron chi connectivity index (χ2n) is 4.04. The molecule has 0 radical (unpaired) electrons. The molecule has 68 valence electrons. The average Bonchev–Trinajstić information content (AvgIpc) is 2.17. The molecule has 0 spiro atoms. The fourth-order valence-corrected chi connectivity index (χ4v) is 2.66. The first-order valence-electron chi connectivity index (χ1n) is 5.11. The summed E-state index contributed by atoms with van der Waals surface area (Å²) in [6, 6.07) is 0.602. The molecule has 2 nitrogen and oxygen atoms in total. The fourth-order valence-electron chi connectivity index (χ4n) is 2.66. The van der Waals surface area contributed by atoms with E-state index in [1.807, 2.05) is 0 Å². The molecule has 2 aliphatic heterocycles. The lowest BCUT2D eigenvalue weighted by molar-refractivity contribution is -0.115. The highest BCUT2D eigenvalue weighted by molar-refractivity contribution is 5.55. The summed E-state index contributed by atoms with van der Waals surface area (Å²) in [4.78, 5) is 13.3. The van der Waals surface area contributed by atoms with E-state index in [1.54, 1.807) is 0 Å². The minimum Gasteiger partial charge on any atom is -0.303 e. The van der Waals surface area contributed by atoms with Crippen LogP contribution in [0.4, 0.5) is 0 Å². The number of carbonyl (C=O) groups excluding carboxylic acids is 1. The van der Waals surface area contributed by atoms with Crippen molar-refractivity contribution in [2.75, 3.05) is 13.1 Å². The van der Waals surface area contributed by atoms with Crippen LogP contribution in [0.3, 0.4) is 0 Å². The molecule has 2 heterocycles. The highest BCUT2D eigenvalue weighted by Gasteiger charge is 2.32. The maximum atomic E-state index is 10.8. The summed E-state index contributed by atoms with van der Waals surface area (Å²) in [7, 11) is 0. The fraction of sp³-hybridized carbons (Fsp3) is 0.900. The van der Waals surface area contributed by atoms with Crippen LogP contribution in [-0.2, 0) is 4.79 Å². The Balaban J connectivity index is 2.03. The second kappa shape index (κ2) is 3.56. The van der Waals surface area contributed by atoms with Crippen LogP contribution in [0.1, 0.15) is 32.1 Å². The Kier molecular flexibility index (Phi) is 2.45. The van der Waals surface area contributed by atoms with Gasteiger partial charge in [0.25, 0.3) is 0 Å². The molecule has 2 atom stereocenters. The van der Waals surface area contributed by atoms with Gasteiger partial charge in [-0.2, -0.15) is 0 Å². The zero-order chi connectivity index (χ0) is 8.39. The molecular formula is C10H17NO. The number of rotatable bonds is 1. The summed E-state index contributed by atoms with van der Waals surface area (Å²) in [5.74, 6) is 0.346. The monoisotopic (exact) mass is 167 g/mol. The summed E-state index contributed by atoms with van der Waals surface area (Å²) in [5.41, 5.74) is 0. The predicted octanol–water partition coefficient (Wildman–Crippen LogP) is 1.45. The third kappa shape index (κ3) is 1.40. The number of nitrogens with zero attached hydrogens (tertiary/aromatic N) is 1. The van der Waals surface area contributed by atoms with Crippen LogP contribution in [0.15, 0.2) is 0 Å². The zero-order valence-corrected chi connectivity index (χ0v) is 7.54. The van der Waals surface area contributed by atoms with Crippen molar-refractivity contribution in [1.82, 2.24) is 4.90 Å². The third-order valence-electron chi connectivity index (χ3n) is 3.32. The lowest BCUT2D eigenvalue weighted by Crippen LogP contribution is -2.48. The number of fused-ring (bicyclic) bond motifs is 1. The van der Waals surface area contributed by atoms with Crippen LogP contribution in [0, 0.1) is 5.92 Å². The lowest BCUT2D eigenvalue weighted by atomic mass is 9.84. The molecule has 2 aliphatic rings. The SMILES string of the molecule is O=C[C@H]1CCCN2CCCC[C@@H]12. The van der Waals surface area contributed by atoms with Gasteiger partial charge in [-0.3, -0.25) is 4.90 Å². The standard InChI is InChI=1S/C10H17NO/c12-8-9-4-3-7-11-6-2-1-5-10(9)11/h8-10H,1-7H2/t9-,10+/m1/s1. The van der Waals surface area contributed by atoms with Gasteiger partial charge in [-0.1, -0.05) is 6.42 Å². The van der Waals surface area contributed by atoms with E-state index in [2.05, 4.69) is 4.90 Å². The van der Waals surface area contributed by atoms with Crippen LogP contribution in [0.5, 0.6) is 0 Å². The van der Waals surface area contributed by atoms with Crippen molar-refractivity contribution in [2.24, 2.45) is 5.92 Å². The molecular weight excluding hydrogens is 150 g/mol. The van der Waals surface area contributed by atoms with Crippen LogP contribution < -0.4 is 0 Å². The maximum absolute atomic E-state index is 10.8. The second-order valence-corrected chi connectivity index (χ2v) is 4.04. The van der Waals surface area contributed by atoms with E-state index < -0.39 is 0 Å². The Hall–Kier alpha value is -0.370. The molecule has 2 saturated heterocycles. The largest absolute Gasteiger partial charge is 0.303 e. The van der Waals surface area contributed by atoms with Gasteiger partial charge in [-0.25, -0.2) is 0 Å². The first-order chi connectivity index (χ1) is 5.92. The number of hydrogen-bond acceptors (Lipinski definition) is 2. The highest BCUT2D eigenvalue weighted by Crippen LogP contribution is 2.29. The minimum atomic E-state index is 0.346. The molecule has 0 aromatic heterocycles. The van der Waals surface area contributed by atoms with Gasteiger partial charge in [-0.05, 0) is 38.8 Å². The van der Waals surface area contributed by atoms with Crippen LogP contribution in [0.2, 0.25) is 0 Å². The van der Waals surface area contributed by atoms with Crippen LogP contribution in [0.25, 0.3) is 0 Å². The van der Waals surface area contributed by atoms with Gasteiger partial charge in [0.05, 0.1) is 0 Å². The molecule has 0 amide bonds. The van der Waals surface area contributed by atoms with Crippen LogP contribution in [-0.4, -0.2) is 30.3 Å². The smallest absolute Gasteiger partial charge is 0.124 e. The molecule has 12 heavy (non-hydrogen) atoms. The van der Waals surface area contributed by atoms with E-state index in [0.29, 0.717) is 12.0 Å². The molecule has 0 aromatic carbocycles. The third-order valence-corrected chi connectivity index (χ3v) is 3.32. The summed E-state index contributed by atoms with van der Waals surface area (Å²) in [5, 5.41) is 0. The van der Waals surface area contributed by atoms with Gasteiger partial charge in [0.15, 0.2) is 0 Å². The number of hydrogen-bond donors (Lipinski definition) is 0. The van der Waals surface area contributed by atoms with Crippen molar-refractivity contribution in [3.63, 3.8) is 0 Å². The summed E-state index contributed by atoms with van der Waals surface area (Å²) in [6.07, 6.45) is 7.45. The van der Waals surface area contributed by atoms with Crippen molar-refractivity contribution in [1.29, 1.82) is 0 Å². The van der Waals surface area contributed by atoms with Gasteiger partial charge in [0, 0.05) is 12.0 Å². The first-order valence-corrected chi connectivity index (χ1v) is 5.11. The van der Waals surface area contributed by atoms with Gasteiger partial charge >= 0.3 is 0 Å². The average molecular weight is 167 g/mol. The normalized spacial score (nSPS) is 37.3. The summed E-state index contributed by atoms with van der Waals surface area (Å²) < 4.78 is 0. The zero-order valence-electron chi connectivity index (χ0n) is 7.54. The molecule has 2 fully saturated rings. The molecule has 0 saturated carbocycles. The molecule has 0 bridgehead atoms. The van der Waals surface area contributed by atoms with Crippen molar-refractivity contribution in [2.45, 2.75) is 38.1 Å². The Morgan fingerprint density at radius 1 is 1.08 bits per heavy atom. The number of carbonyl (C=O) groups is 1. The van der Waals surface area contributed by atoms with Gasteiger partial charge in [0.2, 0.25) is 0 Å². The van der Waals surface area contributed by atoms with Crippen molar-refractivity contribution < 1.29 is 4.79 Å². The van der Waals surface area contributed by atoms with Crippen molar-refractivity contribution in [3.8, 4) is 0 Å². The Bertz CT molecular complexity index is 167. The summed E-state index contributed by atoms with van der Waals surface area (Å²) >= 11 is 0. The molecule has 0 aromatic rings. The van der Waals surface area contributed by atoms with E-state index >= 15 is 0 Å². The maximum Gasteiger partial charge on any atom is 0.124 e. The van der Waals surface area contributed by atoms with Crippen molar-refractivity contribution in [3.05, 3.63) is 0 Å². The predicted molar refractivity (Wildman–Crippen MR) is 48.0 cm³/mol. The molecule has 2 rings (SSSR count). The Morgan fingerprint density at radius 2 is 1.92 bits per heavy atom. The topological polar surface area (TPSA) is 20.3 Å². The van der Waals surface area contributed by atoms with E-state index in [-0.39, 0.29) is 0 Å². The quantitative estimate of drug-likeness (QED) is 0.551. The van der Waals surface area contributed by atoms with Gasteiger partial charge in [-0.15, -0.1) is 0 Å². The molecule has 0 aliphatic carbocycles. The Morgan fingerprint density at radius 3 is 2.75 bits per heavy atom. The van der Waals surface area contributed by atoms with E-state index in [9.17, 15) is 4.79 Å². The minimum absolute atomic E-state index is 0.346. The first kappa shape index (κ1) is 8.24. The van der Waals surface area contributed by atoms with Gasteiger partial charge in [0.1, 0.15) is 6.29 Å².